The Balaban J connectivity index is 0.893. The van der Waals surface area contributed by atoms with Crippen LogP contribution in [0.15, 0.2) is 0 Å². The van der Waals surface area contributed by atoms with Gasteiger partial charge in [-0.15, -0.1) is 0 Å². The zero-order valence-electron chi connectivity index (χ0n) is 14.4. The van der Waals surface area contributed by atoms with Crippen LogP contribution in [0, 0.1) is 0 Å². The van der Waals surface area contributed by atoms with E-state index in [9.17, 15) is 0 Å². The van der Waals surface area contributed by atoms with E-state index in [4.69, 9.17) is 0 Å². The molecule has 23 heavy (non-hydrogen) atoms. The third-order valence-corrected chi connectivity index (χ3v) is 61.9. The molecule has 10 heterocycles. The quantitative estimate of drug-likeness (QED) is 0.191. The van der Waals surface area contributed by atoms with Gasteiger partial charge in [0.25, 0.3) is 0 Å². The predicted octanol–water partition coefficient (Wildman–Crippen LogP) is 8.04. The van der Waals surface area contributed by atoms with Crippen molar-refractivity contribution in [3.05, 3.63) is 0 Å². The van der Waals surface area contributed by atoms with Gasteiger partial charge in [0.15, 0.2) is 0 Å². The van der Waals surface area contributed by atoms with Crippen LogP contribution >= 0.6 is 15.9 Å². The summed E-state index contributed by atoms with van der Waals surface area (Å²) < 4.78 is 1.11. The molecular weight excluding hydrogens is 388 g/mol. The first-order chi connectivity index (χ1) is 11.0. The Morgan fingerprint density at radius 3 is 1.61 bits per heavy atom. The molecule has 10 rings (SSSR count). The minimum atomic E-state index is -2.79. The molecule has 1 spiro atoms. The number of alkyl halides is 1. The van der Waals surface area contributed by atoms with Gasteiger partial charge in [-0.25, -0.2) is 0 Å². The van der Waals surface area contributed by atoms with Crippen LogP contribution in [0.5, 0.6) is 0 Å². The predicted molar refractivity (Wildman–Crippen MR) is 96.4 cm³/mol. The molecule has 0 amide bonds. The van der Waals surface area contributed by atoms with E-state index in [1.54, 1.807) is 12.8 Å². The van der Waals surface area contributed by atoms with Gasteiger partial charge in [0, 0.05) is 0 Å². The molecule has 0 bridgehead atoms. The number of halogens is 1. The first-order valence-corrected chi connectivity index (χ1v) is 18.1. The summed E-state index contributed by atoms with van der Waals surface area (Å²) >= 11 is 4.39. The van der Waals surface area contributed by atoms with E-state index in [-0.39, 0.29) is 0 Å². The van der Waals surface area contributed by atoms with Gasteiger partial charge >= 0.3 is 140 Å². The molecule has 130 valence electrons. The first kappa shape index (κ1) is 11.7. The molecule has 0 aliphatic carbocycles. The Morgan fingerprint density at radius 2 is 1.22 bits per heavy atom. The molecule has 10 aliphatic rings. The molecule has 0 aromatic rings. The Kier molecular flexibility index (Phi) is 0.681. The third-order valence-electron chi connectivity index (χ3n) is 17.6. The summed E-state index contributed by atoms with van der Waals surface area (Å²) in [5, 5.41) is 0. The van der Waals surface area contributed by atoms with Crippen LogP contribution in [0.2, 0.25) is 47.7 Å². The van der Waals surface area contributed by atoms with Crippen molar-refractivity contribution in [2.75, 3.05) is 0 Å². The number of unbranched alkanes of at least 4 members (excludes halogenated alkanes) is 7. The van der Waals surface area contributed by atoms with Gasteiger partial charge in [0.05, 0.1) is 0 Å². The summed E-state index contributed by atoms with van der Waals surface area (Å²) in [5.74, 6) is 0. The van der Waals surface area contributed by atoms with E-state index in [0.29, 0.717) is 0 Å². The Bertz CT molecular complexity index is 945. The summed E-state index contributed by atoms with van der Waals surface area (Å²) in [6.45, 7) is -0.463. The maximum atomic E-state index is 4.39. The van der Waals surface area contributed by atoms with Gasteiger partial charge in [-0.2, -0.15) is 0 Å². The number of hydrogen-bond donors (Lipinski definition) is 0. The molecule has 2 heteroatoms. The van der Waals surface area contributed by atoms with Crippen molar-refractivity contribution in [1.82, 2.24) is 0 Å². The van der Waals surface area contributed by atoms with E-state index in [1.807, 2.05) is 0 Å². The van der Waals surface area contributed by atoms with E-state index in [2.05, 4.69) is 22.9 Å². The van der Waals surface area contributed by atoms with Crippen LogP contribution in [0.1, 0.15) is 64.7 Å². The van der Waals surface area contributed by atoms with Gasteiger partial charge in [-0.3, -0.25) is 0 Å². The summed E-state index contributed by atoms with van der Waals surface area (Å²) in [5.41, 5.74) is 0. The molecule has 5 atom stereocenters. The summed E-state index contributed by atoms with van der Waals surface area (Å²) in [6.07, 6.45) is 13.5. The zero-order chi connectivity index (χ0) is 15.0. The van der Waals surface area contributed by atoms with Crippen molar-refractivity contribution in [3.63, 3.8) is 0 Å². The monoisotopic (exact) mass is 418 g/mol. The summed E-state index contributed by atoms with van der Waals surface area (Å²) in [6, 6.07) is 0. The fourth-order valence-electron chi connectivity index (χ4n) is 18.9. The van der Waals surface area contributed by atoms with Gasteiger partial charge in [-0.05, 0) is 0 Å². The molecule has 0 radical (unpaired) electrons. The van der Waals surface area contributed by atoms with Gasteiger partial charge in [0.1, 0.15) is 0 Å². The zero-order valence-corrected chi connectivity index (χ0v) is 17.1. The van der Waals surface area contributed by atoms with Crippen molar-refractivity contribution in [3.8, 4) is 0 Å². The van der Waals surface area contributed by atoms with Crippen LogP contribution in [-0.4, -0.2) is 4.83 Å². The normalized spacial score (nSPS) is 92.7. The SMILES string of the molecule is CCCCCCCCCCC(Br)[C]12[CH]3[CH]4[CH]5[CH]1[Fe]45321678[CH]2[CH]1[CH]6[CH]7[CH]28. The first-order valence-electron chi connectivity index (χ1n) is 10.9. The summed E-state index contributed by atoms with van der Waals surface area (Å²) in [7, 11) is 0. The molecule has 5 unspecified atom stereocenters. The molecular formula is C21H31BrFe. The average Bonchev–Trinajstić information content (AvgIpc) is 3.49. The van der Waals surface area contributed by atoms with Crippen LogP contribution in [0.3, 0.4) is 0 Å². The number of rotatable bonds is 10. The standard InChI is InChI=1S/C16H26Br.C5H5.Fe/c1-2-3-4-5-6-7-8-9-14-16(17)15-12-10-11-13-15;1-2-4-5-3-1;/h10-13,16H,2-9,14H2,1H3;1-5H;. The van der Waals surface area contributed by atoms with Crippen LogP contribution in [0.4, 0.5) is 0 Å². The number of fused-ring (bicyclic) bond motifs is 10. The van der Waals surface area contributed by atoms with Gasteiger partial charge < -0.3 is 0 Å². The molecule has 10 fully saturated rings. The van der Waals surface area contributed by atoms with Crippen molar-refractivity contribution in [1.29, 1.82) is 0 Å². The number of hydrogen-bond acceptors (Lipinski definition) is 0. The van der Waals surface area contributed by atoms with E-state index < -0.39 is 6.51 Å². The Labute approximate surface area is 139 Å². The maximum absolute atomic E-state index is 4.39. The second kappa shape index (κ2) is 1.34. The second-order valence-corrected chi connectivity index (χ2v) is 38.2. The fourth-order valence-corrected chi connectivity index (χ4v) is 98.7. The topological polar surface area (TPSA) is 0 Å². The average molecular weight is 419 g/mol. The fraction of sp³-hybridized carbons (Fsp3) is 1.00. The van der Waals surface area contributed by atoms with Crippen LogP contribution in [-0.2, 0) is 6.51 Å². The van der Waals surface area contributed by atoms with E-state index >= 15 is 0 Å². The second-order valence-electron chi connectivity index (χ2n) is 13.5. The molecule has 10 aliphatic heterocycles. The molecule has 0 aromatic heterocycles. The van der Waals surface area contributed by atoms with Crippen molar-refractivity contribution >= 4 is 15.9 Å². The molecule has 0 aromatic carbocycles. The van der Waals surface area contributed by atoms with Crippen molar-refractivity contribution in [2.24, 2.45) is 0 Å². The molecule has 0 saturated carbocycles. The van der Waals surface area contributed by atoms with Crippen LogP contribution in [0.25, 0.3) is 0 Å². The van der Waals surface area contributed by atoms with Gasteiger partial charge in [-0.1, -0.05) is 0 Å². The molecule has 0 nitrogen and oxygen atoms in total. The van der Waals surface area contributed by atoms with Crippen LogP contribution < -0.4 is 0 Å². The van der Waals surface area contributed by atoms with Crippen molar-refractivity contribution in [2.45, 2.75) is 117 Å². The van der Waals surface area contributed by atoms with E-state index in [0.717, 1.165) is 9.14 Å². The van der Waals surface area contributed by atoms with E-state index in [1.165, 1.54) is 88.3 Å². The third kappa shape index (κ3) is 0.192. The minimum absolute atomic E-state index is 1.02. The Hall–Kier alpha value is 0.999. The van der Waals surface area contributed by atoms with Crippen molar-refractivity contribution < 1.29 is 6.51 Å². The summed E-state index contributed by atoms with van der Waals surface area (Å²) in [4.78, 5) is 14.6. The molecule has 10 saturated heterocycles. The molecule has 0 N–H and O–H groups in total. The van der Waals surface area contributed by atoms with Gasteiger partial charge in [0.2, 0.25) is 0 Å². The Morgan fingerprint density at radius 1 is 0.739 bits per heavy atom.